The predicted molar refractivity (Wildman–Crippen MR) is 95.5 cm³/mol. The lowest BCUT2D eigenvalue weighted by molar-refractivity contribution is 0.0302. The van der Waals surface area contributed by atoms with Gasteiger partial charge in [0.25, 0.3) is 5.91 Å². The second-order valence-corrected chi connectivity index (χ2v) is 6.11. The monoisotopic (exact) mass is 361 g/mol. The zero-order valence-electron chi connectivity index (χ0n) is 14.0. The van der Waals surface area contributed by atoms with Crippen molar-refractivity contribution >= 4 is 17.5 Å². The first-order valence-electron chi connectivity index (χ1n) is 8.09. The lowest BCUT2D eigenvalue weighted by Crippen LogP contribution is -2.40. The van der Waals surface area contributed by atoms with Gasteiger partial charge in [-0.25, -0.2) is 0 Å². The van der Waals surface area contributed by atoms with Gasteiger partial charge in [0.15, 0.2) is 0 Å². The fourth-order valence-corrected chi connectivity index (χ4v) is 2.79. The molecule has 0 radical (unpaired) electrons. The van der Waals surface area contributed by atoms with E-state index in [1.165, 1.54) is 0 Å². The van der Waals surface area contributed by atoms with Crippen LogP contribution in [-0.4, -0.2) is 44.2 Å². The summed E-state index contributed by atoms with van der Waals surface area (Å²) in [4.78, 5) is 14.4. The molecular weight excluding hydrogens is 342 g/mol. The highest BCUT2D eigenvalue weighted by molar-refractivity contribution is 6.30. The first kappa shape index (κ1) is 17.6. The summed E-state index contributed by atoms with van der Waals surface area (Å²) in [6, 6.07) is 12.6. The standard InChI is InChI=1S/C19H20ClNO4/c1-23-18-7-2-14(19(22)21-8-10-24-11-9-21)12-15(18)13-25-17-5-3-16(20)4-6-17/h2-7,12H,8-11,13H2,1H3. The van der Waals surface area contributed by atoms with E-state index in [1.807, 2.05) is 6.07 Å². The fraction of sp³-hybridized carbons (Fsp3) is 0.316. The Morgan fingerprint density at radius 2 is 1.88 bits per heavy atom. The van der Waals surface area contributed by atoms with Crippen molar-refractivity contribution < 1.29 is 19.0 Å². The SMILES string of the molecule is COc1ccc(C(=O)N2CCOCC2)cc1COc1ccc(Cl)cc1. The molecule has 1 saturated heterocycles. The second-order valence-electron chi connectivity index (χ2n) is 5.67. The Labute approximate surface area is 152 Å². The minimum Gasteiger partial charge on any atom is -0.496 e. The van der Waals surface area contributed by atoms with E-state index < -0.39 is 0 Å². The molecule has 1 aliphatic heterocycles. The van der Waals surface area contributed by atoms with Gasteiger partial charge in [-0.3, -0.25) is 4.79 Å². The average Bonchev–Trinajstić information content (AvgIpc) is 2.67. The van der Waals surface area contributed by atoms with E-state index in [4.69, 9.17) is 25.8 Å². The normalized spacial score (nSPS) is 14.2. The molecular formula is C19H20ClNO4. The Morgan fingerprint density at radius 1 is 1.16 bits per heavy atom. The molecule has 1 aliphatic rings. The highest BCUT2D eigenvalue weighted by Crippen LogP contribution is 2.24. The highest BCUT2D eigenvalue weighted by atomic mass is 35.5. The van der Waals surface area contributed by atoms with Gasteiger partial charge in [0, 0.05) is 29.2 Å². The number of hydrogen-bond acceptors (Lipinski definition) is 4. The van der Waals surface area contributed by atoms with Crippen LogP contribution < -0.4 is 9.47 Å². The molecule has 0 atom stereocenters. The Hall–Kier alpha value is -2.24. The highest BCUT2D eigenvalue weighted by Gasteiger charge is 2.19. The first-order chi connectivity index (χ1) is 12.2. The minimum absolute atomic E-state index is 0.00121. The van der Waals surface area contributed by atoms with Crippen molar-refractivity contribution in [2.24, 2.45) is 0 Å². The summed E-state index contributed by atoms with van der Waals surface area (Å²) in [6.45, 7) is 2.68. The number of carbonyl (C=O) groups excluding carboxylic acids is 1. The number of rotatable bonds is 5. The van der Waals surface area contributed by atoms with Crippen LogP contribution in [0.1, 0.15) is 15.9 Å². The van der Waals surface area contributed by atoms with E-state index >= 15 is 0 Å². The van der Waals surface area contributed by atoms with Crippen molar-refractivity contribution in [1.82, 2.24) is 4.90 Å². The van der Waals surface area contributed by atoms with Crippen LogP contribution in [-0.2, 0) is 11.3 Å². The molecule has 2 aromatic carbocycles. The predicted octanol–water partition coefficient (Wildman–Crippen LogP) is 3.40. The van der Waals surface area contributed by atoms with Crippen LogP contribution in [0.15, 0.2) is 42.5 Å². The van der Waals surface area contributed by atoms with Crippen molar-refractivity contribution in [3.8, 4) is 11.5 Å². The zero-order chi connectivity index (χ0) is 17.6. The van der Waals surface area contributed by atoms with Gasteiger partial charge in [-0.15, -0.1) is 0 Å². The van der Waals surface area contributed by atoms with Crippen molar-refractivity contribution in [3.63, 3.8) is 0 Å². The number of ether oxygens (including phenoxy) is 3. The van der Waals surface area contributed by atoms with Gasteiger partial charge < -0.3 is 19.1 Å². The van der Waals surface area contributed by atoms with Crippen LogP contribution in [0.4, 0.5) is 0 Å². The quantitative estimate of drug-likeness (QED) is 0.819. The van der Waals surface area contributed by atoms with Gasteiger partial charge >= 0.3 is 0 Å². The first-order valence-corrected chi connectivity index (χ1v) is 8.47. The van der Waals surface area contributed by atoms with Gasteiger partial charge in [-0.1, -0.05) is 11.6 Å². The third-order valence-electron chi connectivity index (χ3n) is 4.03. The van der Waals surface area contributed by atoms with Crippen LogP contribution in [0.2, 0.25) is 5.02 Å². The lowest BCUT2D eigenvalue weighted by atomic mass is 10.1. The minimum atomic E-state index is -0.00121. The largest absolute Gasteiger partial charge is 0.496 e. The van der Waals surface area contributed by atoms with Crippen LogP contribution in [0.5, 0.6) is 11.5 Å². The molecule has 25 heavy (non-hydrogen) atoms. The fourth-order valence-electron chi connectivity index (χ4n) is 2.67. The second kappa shape index (κ2) is 8.23. The number of benzene rings is 2. The zero-order valence-corrected chi connectivity index (χ0v) is 14.8. The van der Waals surface area contributed by atoms with Crippen molar-refractivity contribution in [2.75, 3.05) is 33.4 Å². The van der Waals surface area contributed by atoms with Gasteiger partial charge in [-0.05, 0) is 42.5 Å². The van der Waals surface area contributed by atoms with Crippen LogP contribution in [0.25, 0.3) is 0 Å². The Kier molecular flexibility index (Phi) is 5.79. The molecule has 6 heteroatoms. The summed E-state index contributed by atoms with van der Waals surface area (Å²) in [7, 11) is 1.60. The molecule has 0 bridgehead atoms. The number of carbonyl (C=O) groups is 1. The molecule has 0 aliphatic carbocycles. The Bertz CT molecular complexity index is 727. The number of hydrogen-bond donors (Lipinski definition) is 0. The number of morpholine rings is 1. The smallest absolute Gasteiger partial charge is 0.254 e. The molecule has 0 spiro atoms. The summed E-state index contributed by atoms with van der Waals surface area (Å²) in [5.41, 5.74) is 1.44. The Morgan fingerprint density at radius 3 is 2.56 bits per heavy atom. The summed E-state index contributed by atoms with van der Waals surface area (Å²) < 4.78 is 16.5. The van der Waals surface area contributed by atoms with Crippen molar-refractivity contribution in [3.05, 3.63) is 58.6 Å². The molecule has 0 aromatic heterocycles. The van der Waals surface area contributed by atoms with E-state index in [-0.39, 0.29) is 5.91 Å². The topological polar surface area (TPSA) is 48.0 Å². The third-order valence-corrected chi connectivity index (χ3v) is 4.29. The number of amides is 1. The van der Waals surface area contributed by atoms with E-state index in [0.29, 0.717) is 55.0 Å². The average molecular weight is 362 g/mol. The van der Waals surface area contributed by atoms with Gasteiger partial charge in [-0.2, -0.15) is 0 Å². The van der Waals surface area contributed by atoms with Gasteiger partial charge in [0.1, 0.15) is 18.1 Å². The Balaban J connectivity index is 1.75. The number of halogens is 1. The number of nitrogens with zero attached hydrogens (tertiary/aromatic N) is 1. The molecule has 0 saturated carbocycles. The van der Waals surface area contributed by atoms with Gasteiger partial charge in [0.2, 0.25) is 0 Å². The van der Waals surface area contributed by atoms with E-state index in [2.05, 4.69) is 0 Å². The summed E-state index contributed by atoms with van der Waals surface area (Å²) >= 11 is 5.88. The maximum absolute atomic E-state index is 12.6. The molecule has 1 amide bonds. The van der Waals surface area contributed by atoms with Crippen LogP contribution >= 0.6 is 11.6 Å². The van der Waals surface area contributed by atoms with E-state index in [9.17, 15) is 4.79 Å². The van der Waals surface area contributed by atoms with Crippen LogP contribution in [0.3, 0.4) is 0 Å². The molecule has 0 N–H and O–H groups in total. The number of methoxy groups -OCH3 is 1. The van der Waals surface area contributed by atoms with Crippen molar-refractivity contribution in [2.45, 2.75) is 6.61 Å². The molecule has 5 nitrogen and oxygen atoms in total. The molecule has 0 unspecified atom stereocenters. The summed E-state index contributed by atoms with van der Waals surface area (Å²) in [5.74, 6) is 1.39. The van der Waals surface area contributed by atoms with Crippen molar-refractivity contribution in [1.29, 1.82) is 0 Å². The lowest BCUT2D eigenvalue weighted by Gasteiger charge is -2.27. The molecule has 3 rings (SSSR count). The van der Waals surface area contributed by atoms with Gasteiger partial charge in [0.05, 0.1) is 20.3 Å². The molecule has 1 heterocycles. The van der Waals surface area contributed by atoms with Crippen LogP contribution in [0, 0.1) is 0 Å². The summed E-state index contributed by atoms with van der Waals surface area (Å²) in [6.07, 6.45) is 0. The maximum Gasteiger partial charge on any atom is 0.254 e. The summed E-state index contributed by atoms with van der Waals surface area (Å²) in [5, 5.41) is 0.656. The maximum atomic E-state index is 12.6. The van der Waals surface area contributed by atoms with E-state index in [1.54, 1.807) is 48.4 Å². The van der Waals surface area contributed by atoms with E-state index in [0.717, 1.165) is 5.56 Å². The molecule has 132 valence electrons. The molecule has 1 fully saturated rings. The third kappa shape index (κ3) is 4.44. The molecule has 2 aromatic rings.